The number of fused-ring (bicyclic) bond motifs is 1. The number of piperidine rings is 1. The zero-order valence-electron chi connectivity index (χ0n) is 7.50. The van der Waals surface area contributed by atoms with E-state index in [2.05, 4.69) is 10.1 Å². The van der Waals surface area contributed by atoms with Crippen LogP contribution in [0.4, 0.5) is 13.2 Å². The fourth-order valence-corrected chi connectivity index (χ4v) is 1.81. The predicted octanol–water partition coefficient (Wildman–Crippen LogP) is 0.226. The van der Waals surface area contributed by atoms with Crippen molar-refractivity contribution in [3.63, 3.8) is 0 Å². The Morgan fingerprint density at radius 3 is 2.40 bits per heavy atom. The quantitative estimate of drug-likeness (QED) is 0.510. The number of carbonyl (C=O) groups excluding carboxylic acids is 2. The first-order valence-electron chi connectivity index (χ1n) is 4.46. The van der Waals surface area contributed by atoms with Crippen molar-refractivity contribution < 1.29 is 27.5 Å². The summed E-state index contributed by atoms with van der Waals surface area (Å²) < 4.78 is 39.0. The lowest BCUT2D eigenvalue weighted by atomic mass is 10.2. The Balaban J connectivity index is 1.90. The SMILES string of the molecule is O=C(OC(=O)C(F)(F)F)C1NCC2CC21. The van der Waals surface area contributed by atoms with E-state index in [1.165, 1.54) is 0 Å². The van der Waals surface area contributed by atoms with Gasteiger partial charge in [0.2, 0.25) is 0 Å². The van der Waals surface area contributed by atoms with E-state index < -0.39 is 24.2 Å². The van der Waals surface area contributed by atoms with Gasteiger partial charge in [-0.15, -0.1) is 0 Å². The molecule has 84 valence electrons. The van der Waals surface area contributed by atoms with Crippen LogP contribution in [0.5, 0.6) is 0 Å². The molecule has 7 heteroatoms. The molecule has 0 bridgehead atoms. The minimum atomic E-state index is -5.11. The molecule has 3 atom stereocenters. The fourth-order valence-electron chi connectivity index (χ4n) is 1.81. The first-order chi connectivity index (χ1) is 6.89. The van der Waals surface area contributed by atoms with Crippen molar-refractivity contribution in [3.8, 4) is 0 Å². The second-order valence-electron chi connectivity index (χ2n) is 3.75. The number of esters is 2. The number of alkyl halides is 3. The largest absolute Gasteiger partial charge is 0.491 e. The Labute approximate surface area is 82.8 Å². The Morgan fingerprint density at radius 2 is 2.00 bits per heavy atom. The highest BCUT2D eigenvalue weighted by Gasteiger charge is 2.53. The van der Waals surface area contributed by atoms with Gasteiger partial charge in [0.15, 0.2) is 0 Å². The van der Waals surface area contributed by atoms with Gasteiger partial charge in [-0.2, -0.15) is 13.2 Å². The molecule has 3 unspecified atom stereocenters. The summed E-state index contributed by atoms with van der Waals surface area (Å²) in [5, 5.41) is 2.72. The molecule has 1 aliphatic heterocycles. The molecule has 4 nitrogen and oxygen atoms in total. The summed E-state index contributed by atoms with van der Waals surface area (Å²) in [6, 6.07) is -0.749. The molecule has 0 aromatic rings. The van der Waals surface area contributed by atoms with E-state index in [0.29, 0.717) is 12.5 Å². The minimum Gasteiger partial charge on any atom is -0.385 e. The Hall–Kier alpha value is -1.11. The molecule has 2 rings (SSSR count). The number of ether oxygens (including phenoxy) is 1. The molecule has 0 spiro atoms. The van der Waals surface area contributed by atoms with Gasteiger partial charge in [0.05, 0.1) is 0 Å². The smallest absolute Gasteiger partial charge is 0.385 e. The van der Waals surface area contributed by atoms with E-state index in [0.717, 1.165) is 6.42 Å². The summed E-state index contributed by atoms with van der Waals surface area (Å²) in [5.74, 6) is -3.18. The van der Waals surface area contributed by atoms with Crippen LogP contribution in [0, 0.1) is 11.8 Å². The van der Waals surface area contributed by atoms with Crippen LogP contribution in [0.3, 0.4) is 0 Å². The third-order valence-corrected chi connectivity index (χ3v) is 2.68. The summed E-state index contributed by atoms with van der Waals surface area (Å²) in [4.78, 5) is 21.5. The van der Waals surface area contributed by atoms with Gasteiger partial charge in [0, 0.05) is 0 Å². The molecule has 2 fully saturated rings. The van der Waals surface area contributed by atoms with Crippen LogP contribution in [-0.4, -0.2) is 30.7 Å². The van der Waals surface area contributed by atoms with Gasteiger partial charge in [-0.1, -0.05) is 0 Å². The van der Waals surface area contributed by atoms with Gasteiger partial charge in [-0.25, -0.2) is 9.59 Å². The average Bonchev–Trinajstić information content (AvgIpc) is 2.75. The molecule has 0 radical (unpaired) electrons. The molecule has 1 saturated carbocycles. The van der Waals surface area contributed by atoms with Gasteiger partial charge in [-0.05, 0) is 24.8 Å². The summed E-state index contributed by atoms with van der Waals surface area (Å²) in [5.41, 5.74) is 0. The van der Waals surface area contributed by atoms with Crippen LogP contribution < -0.4 is 5.32 Å². The summed E-state index contributed by atoms with van der Waals surface area (Å²) >= 11 is 0. The highest BCUT2D eigenvalue weighted by molar-refractivity contribution is 5.91. The number of hydrogen-bond donors (Lipinski definition) is 1. The van der Waals surface area contributed by atoms with Crippen molar-refractivity contribution in [1.82, 2.24) is 5.32 Å². The zero-order chi connectivity index (χ0) is 11.2. The van der Waals surface area contributed by atoms with Crippen LogP contribution in [0.15, 0.2) is 0 Å². The maximum Gasteiger partial charge on any atom is 0.491 e. The number of rotatable bonds is 1. The number of nitrogens with one attached hydrogen (secondary N) is 1. The third-order valence-electron chi connectivity index (χ3n) is 2.68. The van der Waals surface area contributed by atoms with Crippen LogP contribution in [-0.2, 0) is 14.3 Å². The molecule has 1 heterocycles. The second-order valence-corrected chi connectivity index (χ2v) is 3.75. The fraction of sp³-hybridized carbons (Fsp3) is 0.750. The number of carbonyl (C=O) groups is 2. The lowest BCUT2D eigenvalue weighted by Gasteiger charge is -2.11. The molecule has 1 saturated heterocycles. The standard InChI is InChI=1S/C8H8F3NO3/c9-8(10,11)7(14)15-6(13)5-4-1-3(4)2-12-5/h3-5,12H,1-2H2. The van der Waals surface area contributed by atoms with Crippen LogP contribution in [0.1, 0.15) is 6.42 Å². The monoisotopic (exact) mass is 223 g/mol. The van der Waals surface area contributed by atoms with Gasteiger partial charge < -0.3 is 10.1 Å². The summed E-state index contributed by atoms with van der Waals surface area (Å²) in [7, 11) is 0. The Kier molecular flexibility index (Phi) is 2.22. The molecule has 1 aliphatic carbocycles. The average molecular weight is 223 g/mol. The lowest BCUT2D eigenvalue weighted by molar-refractivity contribution is -0.202. The van der Waals surface area contributed by atoms with Gasteiger partial charge in [0.1, 0.15) is 6.04 Å². The van der Waals surface area contributed by atoms with Crippen LogP contribution >= 0.6 is 0 Å². The molecular weight excluding hydrogens is 215 g/mol. The van der Waals surface area contributed by atoms with Crippen molar-refractivity contribution in [1.29, 1.82) is 0 Å². The summed E-state index contributed by atoms with van der Waals surface area (Å²) in [6.07, 6.45) is -4.30. The second kappa shape index (κ2) is 3.19. The normalized spacial score (nSPS) is 33.4. The minimum absolute atomic E-state index is 0.0403. The van der Waals surface area contributed by atoms with E-state index in [4.69, 9.17) is 0 Å². The lowest BCUT2D eigenvalue weighted by Crippen LogP contribution is -2.39. The molecule has 1 N–H and O–H groups in total. The summed E-state index contributed by atoms with van der Waals surface area (Å²) in [6.45, 7) is 0.602. The van der Waals surface area contributed by atoms with Crippen molar-refractivity contribution in [3.05, 3.63) is 0 Å². The highest BCUT2D eigenvalue weighted by atomic mass is 19.4. The number of halogens is 3. The Morgan fingerprint density at radius 1 is 1.33 bits per heavy atom. The van der Waals surface area contributed by atoms with E-state index >= 15 is 0 Å². The third kappa shape index (κ3) is 1.97. The van der Waals surface area contributed by atoms with Crippen LogP contribution in [0.25, 0.3) is 0 Å². The first-order valence-corrected chi connectivity index (χ1v) is 4.46. The molecule has 15 heavy (non-hydrogen) atoms. The van der Waals surface area contributed by atoms with E-state index in [1.54, 1.807) is 0 Å². The van der Waals surface area contributed by atoms with Crippen molar-refractivity contribution in [2.24, 2.45) is 11.8 Å². The predicted molar refractivity (Wildman–Crippen MR) is 40.5 cm³/mol. The highest BCUT2D eigenvalue weighted by Crippen LogP contribution is 2.45. The Bertz CT molecular complexity index is 315. The topological polar surface area (TPSA) is 55.4 Å². The van der Waals surface area contributed by atoms with Crippen molar-refractivity contribution in [2.75, 3.05) is 6.54 Å². The van der Waals surface area contributed by atoms with E-state index in [9.17, 15) is 22.8 Å². The van der Waals surface area contributed by atoms with Gasteiger partial charge >= 0.3 is 18.1 Å². The maximum atomic E-state index is 11.8. The number of hydrogen-bond acceptors (Lipinski definition) is 4. The van der Waals surface area contributed by atoms with Crippen LogP contribution in [0.2, 0.25) is 0 Å². The van der Waals surface area contributed by atoms with E-state index in [1.807, 2.05) is 0 Å². The first kappa shape index (κ1) is 10.4. The molecule has 2 aliphatic rings. The van der Waals surface area contributed by atoms with Crippen molar-refractivity contribution >= 4 is 11.9 Å². The molecule has 0 amide bonds. The zero-order valence-corrected chi connectivity index (χ0v) is 7.50. The molecular formula is C8H8F3NO3. The van der Waals surface area contributed by atoms with Gasteiger partial charge in [-0.3, -0.25) is 0 Å². The van der Waals surface area contributed by atoms with E-state index in [-0.39, 0.29) is 5.92 Å². The van der Waals surface area contributed by atoms with Crippen molar-refractivity contribution in [2.45, 2.75) is 18.6 Å². The molecule has 0 aromatic heterocycles. The molecule has 0 aromatic carbocycles. The maximum absolute atomic E-state index is 11.8. The van der Waals surface area contributed by atoms with Gasteiger partial charge in [0.25, 0.3) is 0 Å².